The van der Waals surface area contributed by atoms with Gasteiger partial charge in [0, 0.05) is 30.7 Å². The molecule has 0 aromatic carbocycles. The smallest absolute Gasteiger partial charge is 0.253 e. The molecule has 1 aliphatic rings. The Balaban J connectivity index is 1.64. The largest absolute Gasteiger partial charge is 0.469 e. The van der Waals surface area contributed by atoms with Crippen LogP contribution in [0.25, 0.3) is 5.78 Å². The third kappa shape index (κ3) is 2.84. The van der Waals surface area contributed by atoms with Gasteiger partial charge in [0.15, 0.2) is 5.78 Å². The summed E-state index contributed by atoms with van der Waals surface area (Å²) in [5, 5.41) is 5.15. The van der Waals surface area contributed by atoms with E-state index in [1.807, 2.05) is 12.1 Å². The van der Waals surface area contributed by atoms with Crippen molar-refractivity contribution in [1.82, 2.24) is 19.6 Å². The zero-order chi connectivity index (χ0) is 16.5. The van der Waals surface area contributed by atoms with E-state index in [2.05, 4.69) is 22.0 Å². The molecular formula is C17H18N4O2S. The molecule has 0 saturated heterocycles. The minimum Gasteiger partial charge on any atom is -0.469 e. The van der Waals surface area contributed by atoms with Crippen LogP contribution in [0.5, 0.6) is 0 Å². The van der Waals surface area contributed by atoms with Gasteiger partial charge in [-0.15, -0.1) is 5.10 Å². The monoisotopic (exact) mass is 342 g/mol. The summed E-state index contributed by atoms with van der Waals surface area (Å²) in [7, 11) is 0. The first-order valence-electron chi connectivity index (χ1n) is 8.20. The van der Waals surface area contributed by atoms with Crippen molar-refractivity contribution in [2.24, 2.45) is 0 Å². The number of ketones is 1. The summed E-state index contributed by atoms with van der Waals surface area (Å²) in [6.07, 6.45) is 6.83. The van der Waals surface area contributed by atoms with Crippen LogP contribution in [0.3, 0.4) is 0 Å². The van der Waals surface area contributed by atoms with Crippen molar-refractivity contribution < 1.29 is 9.21 Å². The predicted molar refractivity (Wildman–Crippen MR) is 90.5 cm³/mol. The fraction of sp³-hybridized carbons (Fsp3) is 0.412. The van der Waals surface area contributed by atoms with Gasteiger partial charge in [-0.2, -0.15) is 4.98 Å². The Morgan fingerprint density at radius 2 is 2.29 bits per heavy atom. The first kappa shape index (κ1) is 15.4. The van der Waals surface area contributed by atoms with Gasteiger partial charge in [-0.25, -0.2) is 9.50 Å². The van der Waals surface area contributed by atoms with Crippen LogP contribution in [0.2, 0.25) is 0 Å². The van der Waals surface area contributed by atoms with Gasteiger partial charge in [0.2, 0.25) is 5.16 Å². The summed E-state index contributed by atoms with van der Waals surface area (Å²) in [4.78, 5) is 21.6. The molecule has 3 aromatic heterocycles. The number of carbonyl (C=O) groups is 1. The second-order valence-electron chi connectivity index (χ2n) is 5.99. The molecule has 0 saturated carbocycles. The maximum atomic E-state index is 12.5. The van der Waals surface area contributed by atoms with Gasteiger partial charge in [-0.3, -0.25) is 4.79 Å². The molecular weight excluding hydrogens is 324 g/mol. The Hall–Kier alpha value is -2.15. The quantitative estimate of drug-likeness (QED) is 0.522. The summed E-state index contributed by atoms with van der Waals surface area (Å²) in [5.74, 6) is 2.53. The Kier molecular flexibility index (Phi) is 4.10. The Labute approximate surface area is 143 Å². The molecule has 24 heavy (non-hydrogen) atoms. The fourth-order valence-corrected chi connectivity index (χ4v) is 3.87. The van der Waals surface area contributed by atoms with Crippen molar-refractivity contribution in [1.29, 1.82) is 0 Å². The number of Topliss-reactive ketones (excluding diaryl/α,β-unsaturated/α-hetero) is 1. The number of carbonyl (C=O) groups excluding carboxylic acids is 1. The number of aromatic nitrogens is 4. The second kappa shape index (κ2) is 6.39. The van der Waals surface area contributed by atoms with Crippen LogP contribution >= 0.6 is 11.8 Å². The lowest BCUT2D eigenvalue weighted by atomic mass is 9.85. The summed E-state index contributed by atoms with van der Waals surface area (Å²) in [6.45, 7) is 2.16. The van der Waals surface area contributed by atoms with Crippen LogP contribution in [-0.4, -0.2) is 31.1 Å². The van der Waals surface area contributed by atoms with Crippen molar-refractivity contribution in [3.8, 4) is 0 Å². The van der Waals surface area contributed by atoms with Crippen molar-refractivity contribution in [2.75, 3.05) is 5.75 Å². The number of nitrogens with zero attached hydrogens (tertiary/aromatic N) is 4. The van der Waals surface area contributed by atoms with E-state index in [1.165, 1.54) is 0 Å². The molecule has 3 aromatic rings. The number of thioether (sulfide) groups is 1. The predicted octanol–water partition coefficient (Wildman–Crippen LogP) is 3.52. The fourth-order valence-electron chi connectivity index (χ4n) is 2.96. The molecule has 1 atom stereocenters. The molecule has 0 fully saturated rings. The third-order valence-corrected chi connectivity index (χ3v) is 5.16. The number of fused-ring (bicyclic) bond motifs is 2. The highest BCUT2D eigenvalue weighted by Gasteiger charge is 2.30. The molecule has 3 heterocycles. The summed E-state index contributed by atoms with van der Waals surface area (Å²) in [6, 6.07) is 3.77. The van der Waals surface area contributed by atoms with Crippen molar-refractivity contribution in [2.45, 2.75) is 43.7 Å². The average molecular weight is 342 g/mol. The minimum absolute atomic E-state index is 0.0521. The van der Waals surface area contributed by atoms with Crippen LogP contribution in [-0.2, 0) is 6.42 Å². The molecule has 0 aliphatic heterocycles. The lowest BCUT2D eigenvalue weighted by molar-refractivity contribution is 0.0958. The van der Waals surface area contributed by atoms with Crippen molar-refractivity contribution >= 4 is 23.3 Å². The molecule has 0 radical (unpaired) electrons. The molecule has 6 nitrogen and oxygen atoms in total. The van der Waals surface area contributed by atoms with Gasteiger partial charge in [0.1, 0.15) is 5.76 Å². The number of unbranched alkanes of at least 4 members (excludes halogenated alkanes) is 1. The summed E-state index contributed by atoms with van der Waals surface area (Å²) in [5.41, 5.74) is 1.44. The third-order valence-electron chi connectivity index (χ3n) is 4.24. The molecule has 7 heteroatoms. The first-order chi connectivity index (χ1) is 11.7. The van der Waals surface area contributed by atoms with Crippen LogP contribution in [0.15, 0.2) is 34.2 Å². The maximum absolute atomic E-state index is 12.5. The Morgan fingerprint density at radius 1 is 1.38 bits per heavy atom. The van der Waals surface area contributed by atoms with Gasteiger partial charge in [-0.05, 0) is 18.6 Å². The highest BCUT2D eigenvalue weighted by molar-refractivity contribution is 7.99. The number of hydrogen-bond donors (Lipinski definition) is 0. The molecule has 0 bridgehead atoms. The minimum atomic E-state index is 0.0521. The van der Waals surface area contributed by atoms with Crippen LogP contribution in [0, 0.1) is 0 Å². The number of rotatable bonds is 5. The van der Waals surface area contributed by atoms with E-state index in [9.17, 15) is 4.79 Å². The van der Waals surface area contributed by atoms with Crippen molar-refractivity contribution in [3.63, 3.8) is 0 Å². The maximum Gasteiger partial charge on any atom is 0.253 e. The van der Waals surface area contributed by atoms with E-state index >= 15 is 0 Å². The van der Waals surface area contributed by atoms with Crippen molar-refractivity contribution in [3.05, 3.63) is 41.6 Å². The second-order valence-corrected chi connectivity index (χ2v) is 7.05. The van der Waals surface area contributed by atoms with Gasteiger partial charge < -0.3 is 4.42 Å². The molecule has 0 N–H and O–H groups in total. The molecule has 4 rings (SSSR count). The Morgan fingerprint density at radius 3 is 3.08 bits per heavy atom. The molecule has 0 amide bonds. The molecule has 1 aliphatic carbocycles. The highest BCUT2D eigenvalue weighted by atomic mass is 32.2. The molecule has 124 valence electrons. The van der Waals surface area contributed by atoms with Crippen LogP contribution < -0.4 is 0 Å². The Bertz CT molecular complexity index is 872. The standard InChI is InChI=1S/C17H18N4O2S/c1-2-3-7-24-17-19-16-18-13-8-11(15-5-4-6-23-15)9-14(22)12(13)10-21(16)20-17/h4-6,10-11H,2-3,7-9H2,1H3/t11-/m1/s1. The normalized spacial score (nSPS) is 17.4. The van der Waals surface area contributed by atoms with Gasteiger partial charge in [0.25, 0.3) is 5.78 Å². The van der Waals surface area contributed by atoms with Gasteiger partial charge >= 0.3 is 0 Å². The number of furan rings is 1. The van der Waals surface area contributed by atoms with Crippen LogP contribution in [0.4, 0.5) is 0 Å². The first-order valence-corrected chi connectivity index (χ1v) is 9.19. The lowest BCUT2D eigenvalue weighted by Crippen LogP contribution is -2.21. The van der Waals surface area contributed by atoms with E-state index in [0.717, 1.165) is 30.0 Å². The van der Waals surface area contributed by atoms with Gasteiger partial charge in [-0.1, -0.05) is 25.1 Å². The van der Waals surface area contributed by atoms with E-state index < -0.39 is 0 Å². The highest BCUT2D eigenvalue weighted by Crippen LogP contribution is 2.32. The van der Waals surface area contributed by atoms with E-state index in [1.54, 1.807) is 28.7 Å². The van der Waals surface area contributed by atoms with E-state index in [0.29, 0.717) is 29.3 Å². The van der Waals surface area contributed by atoms with E-state index in [4.69, 9.17) is 4.42 Å². The zero-order valence-corrected chi connectivity index (χ0v) is 14.3. The topological polar surface area (TPSA) is 73.3 Å². The molecule has 0 unspecified atom stereocenters. The van der Waals surface area contributed by atoms with Crippen LogP contribution in [0.1, 0.15) is 53.9 Å². The summed E-state index contributed by atoms with van der Waals surface area (Å²) < 4.78 is 7.09. The lowest BCUT2D eigenvalue weighted by Gasteiger charge is -2.20. The average Bonchev–Trinajstić information content (AvgIpc) is 3.22. The molecule has 0 spiro atoms. The summed E-state index contributed by atoms with van der Waals surface area (Å²) >= 11 is 1.63. The zero-order valence-electron chi connectivity index (χ0n) is 13.4. The van der Waals surface area contributed by atoms with E-state index in [-0.39, 0.29) is 11.7 Å². The van der Waals surface area contributed by atoms with Gasteiger partial charge in [0.05, 0.1) is 17.5 Å². The SMILES string of the molecule is CCCCSc1nc2nc3c(cn2n1)C(=O)C[C@H](c1ccco1)C3. The number of hydrogen-bond acceptors (Lipinski definition) is 6.